The van der Waals surface area contributed by atoms with Crippen molar-refractivity contribution < 1.29 is 24.0 Å². The average molecular weight is 373 g/mol. The van der Waals surface area contributed by atoms with Crippen LogP contribution in [0.4, 0.5) is 0 Å². The number of aliphatic hydroxyl groups is 1. The Bertz CT molecular complexity index is 820. The van der Waals surface area contributed by atoms with Crippen molar-refractivity contribution in [1.82, 2.24) is 10.1 Å². The van der Waals surface area contributed by atoms with E-state index in [-0.39, 0.29) is 23.5 Å². The Kier molecular flexibility index (Phi) is 5.46. The van der Waals surface area contributed by atoms with Crippen molar-refractivity contribution in [1.29, 1.82) is 0 Å². The molecule has 0 radical (unpaired) electrons. The number of rotatable bonds is 5. The van der Waals surface area contributed by atoms with Gasteiger partial charge in [0.15, 0.2) is 0 Å². The van der Waals surface area contributed by atoms with Crippen LogP contribution in [0.15, 0.2) is 28.8 Å². The van der Waals surface area contributed by atoms with Crippen LogP contribution in [0.2, 0.25) is 0 Å². The first-order valence-corrected chi connectivity index (χ1v) is 8.83. The molecule has 1 unspecified atom stereocenters. The second kappa shape index (κ2) is 7.79. The summed E-state index contributed by atoms with van der Waals surface area (Å²) in [4.78, 5) is 25.8. The Morgan fingerprint density at radius 1 is 1.30 bits per heavy atom. The van der Waals surface area contributed by atoms with Gasteiger partial charge in [-0.25, -0.2) is 0 Å². The van der Waals surface area contributed by atoms with E-state index in [0.29, 0.717) is 48.5 Å². The van der Waals surface area contributed by atoms with Crippen molar-refractivity contribution in [2.45, 2.75) is 25.9 Å². The molecule has 0 aliphatic carbocycles. The summed E-state index contributed by atoms with van der Waals surface area (Å²) in [5.74, 6) is -0.188. The number of hydrogen-bond acceptors (Lipinski definition) is 6. The van der Waals surface area contributed by atoms with Crippen LogP contribution in [0.25, 0.3) is 11.3 Å². The lowest BCUT2D eigenvalue weighted by Gasteiger charge is -2.30. The molecule has 2 heterocycles. The Hall–Kier alpha value is -2.87. The van der Waals surface area contributed by atoms with Gasteiger partial charge >= 0.3 is 0 Å². The number of nitrogens with two attached hydrogens (primary N) is 1. The maximum absolute atomic E-state index is 12.9. The van der Waals surface area contributed by atoms with Gasteiger partial charge in [-0.05, 0) is 44.0 Å². The number of hydrogen-bond donors (Lipinski definition) is 2. The normalized spacial score (nSPS) is 16.2. The third-order valence-electron chi connectivity index (χ3n) is 4.89. The lowest BCUT2D eigenvalue weighted by molar-refractivity contribution is -0.123. The number of amides is 2. The van der Waals surface area contributed by atoms with E-state index in [2.05, 4.69) is 5.16 Å². The summed E-state index contributed by atoms with van der Waals surface area (Å²) in [5.41, 5.74) is 6.82. The van der Waals surface area contributed by atoms with Gasteiger partial charge in [0, 0.05) is 24.6 Å². The lowest BCUT2D eigenvalue weighted by atomic mass is 9.95. The average Bonchev–Trinajstić information content (AvgIpc) is 3.13. The van der Waals surface area contributed by atoms with Crippen LogP contribution < -0.4 is 10.5 Å². The van der Waals surface area contributed by atoms with Crippen LogP contribution >= 0.6 is 0 Å². The van der Waals surface area contributed by atoms with Gasteiger partial charge in [-0.15, -0.1) is 0 Å². The molecule has 1 aliphatic heterocycles. The third-order valence-corrected chi connectivity index (χ3v) is 4.89. The number of piperidine rings is 1. The quantitative estimate of drug-likeness (QED) is 0.824. The lowest BCUT2D eigenvalue weighted by Crippen LogP contribution is -2.41. The molecular weight excluding hydrogens is 350 g/mol. The molecule has 1 aliphatic rings. The number of carbonyl (C=O) groups excluding carboxylic acids is 2. The highest BCUT2D eigenvalue weighted by Gasteiger charge is 2.32. The van der Waals surface area contributed by atoms with Gasteiger partial charge in [-0.1, -0.05) is 5.16 Å². The highest BCUT2D eigenvalue weighted by Crippen LogP contribution is 2.32. The molecule has 1 saturated heterocycles. The van der Waals surface area contributed by atoms with E-state index < -0.39 is 6.10 Å². The summed E-state index contributed by atoms with van der Waals surface area (Å²) in [6, 6.07) is 7.11. The van der Waals surface area contributed by atoms with Gasteiger partial charge in [0.1, 0.15) is 11.4 Å². The van der Waals surface area contributed by atoms with Gasteiger partial charge in [-0.2, -0.15) is 0 Å². The van der Waals surface area contributed by atoms with E-state index >= 15 is 0 Å². The number of likely N-dealkylation sites (tertiary alicyclic amines) is 1. The summed E-state index contributed by atoms with van der Waals surface area (Å²) < 4.78 is 10.5. The van der Waals surface area contributed by atoms with Crippen molar-refractivity contribution in [3.05, 3.63) is 35.6 Å². The standard InChI is InChI=1S/C19H23N3O5/c1-11(23)15-16(12-3-5-14(26-2)6-4-12)21-27-17(15)19(25)22-9-7-13(8-10-22)18(20)24/h3-6,11,13,23H,7-10H2,1-2H3,(H2,20,24). The summed E-state index contributed by atoms with van der Waals surface area (Å²) >= 11 is 0. The first-order valence-electron chi connectivity index (χ1n) is 8.83. The zero-order valence-electron chi connectivity index (χ0n) is 15.3. The van der Waals surface area contributed by atoms with E-state index in [1.807, 2.05) is 0 Å². The molecule has 1 aromatic heterocycles. The van der Waals surface area contributed by atoms with Crippen molar-refractivity contribution in [2.75, 3.05) is 20.2 Å². The molecule has 8 nitrogen and oxygen atoms in total. The Labute approximate surface area is 156 Å². The molecule has 1 aromatic carbocycles. The van der Waals surface area contributed by atoms with E-state index in [0.717, 1.165) is 0 Å². The fourth-order valence-corrected chi connectivity index (χ4v) is 3.31. The topological polar surface area (TPSA) is 119 Å². The summed E-state index contributed by atoms with van der Waals surface area (Å²) in [5, 5.41) is 14.3. The zero-order chi connectivity index (χ0) is 19.6. The third kappa shape index (κ3) is 3.80. The van der Waals surface area contributed by atoms with E-state index in [1.54, 1.807) is 43.2 Å². The maximum atomic E-state index is 12.9. The zero-order valence-corrected chi connectivity index (χ0v) is 15.3. The van der Waals surface area contributed by atoms with Crippen molar-refractivity contribution in [3.8, 4) is 17.0 Å². The van der Waals surface area contributed by atoms with Gasteiger partial charge in [-0.3, -0.25) is 9.59 Å². The fraction of sp³-hybridized carbons (Fsp3) is 0.421. The molecule has 3 rings (SSSR count). The molecule has 0 saturated carbocycles. The number of carbonyl (C=O) groups is 2. The molecule has 2 amide bonds. The number of benzene rings is 1. The van der Waals surface area contributed by atoms with Crippen LogP contribution in [0.1, 0.15) is 42.0 Å². The predicted molar refractivity (Wildman–Crippen MR) is 96.9 cm³/mol. The molecule has 1 fully saturated rings. The summed E-state index contributed by atoms with van der Waals surface area (Å²) in [6.45, 7) is 2.38. The molecule has 3 N–H and O–H groups in total. The Balaban J connectivity index is 1.86. The second-order valence-corrected chi connectivity index (χ2v) is 6.65. The molecule has 0 spiro atoms. The van der Waals surface area contributed by atoms with Crippen molar-refractivity contribution in [2.24, 2.45) is 11.7 Å². The van der Waals surface area contributed by atoms with Crippen LogP contribution in [-0.2, 0) is 4.79 Å². The summed E-state index contributed by atoms with van der Waals surface area (Å²) in [6.07, 6.45) is 0.102. The fourth-order valence-electron chi connectivity index (χ4n) is 3.31. The highest BCUT2D eigenvalue weighted by molar-refractivity contribution is 5.95. The molecule has 8 heteroatoms. The van der Waals surface area contributed by atoms with Gasteiger partial charge in [0.25, 0.3) is 5.91 Å². The molecule has 27 heavy (non-hydrogen) atoms. The molecular formula is C19H23N3O5. The number of nitrogens with zero attached hydrogens (tertiary/aromatic N) is 2. The van der Waals surface area contributed by atoms with E-state index in [4.69, 9.17) is 15.0 Å². The first-order chi connectivity index (χ1) is 12.9. The number of methoxy groups -OCH3 is 1. The highest BCUT2D eigenvalue weighted by atomic mass is 16.5. The van der Waals surface area contributed by atoms with Crippen molar-refractivity contribution in [3.63, 3.8) is 0 Å². The smallest absolute Gasteiger partial charge is 0.292 e. The van der Waals surface area contributed by atoms with Gasteiger partial charge in [0.2, 0.25) is 11.7 Å². The number of aromatic nitrogens is 1. The molecule has 144 valence electrons. The minimum absolute atomic E-state index is 0.0216. The molecule has 2 aromatic rings. The number of ether oxygens (including phenoxy) is 1. The molecule has 1 atom stereocenters. The predicted octanol–water partition coefficient (Wildman–Crippen LogP) is 1.74. The van der Waals surface area contributed by atoms with Crippen LogP contribution in [-0.4, -0.2) is 47.2 Å². The van der Waals surface area contributed by atoms with E-state index in [9.17, 15) is 14.7 Å². The van der Waals surface area contributed by atoms with Gasteiger partial charge in [0.05, 0.1) is 18.8 Å². The summed E-state index contributed by atoms with van der Waals surface area (Å²) in [7, 11) is 1.57. The van der Waals surface area contributed by atoms with Crippen molar-refractivity contribution >= 4 is 11.8 Å². The van der Waals surface area contributed by atoms with Gasteiger partial charge < -0.3 is 25.0 Å². The largest absolute Gasteiger partial charge is 0.497 e. The number of primary amides is 1. The van der Waals surface area contributed by atoms with E-state index in [1.165, 1.54) is 0 Å². The minimum atomic E-state index is -0.935. The van der Waals surface area contributed by atoms with Crippen LogP contribution in [0.3, 0.4) is 0 Å². The first kappa shape index (κ1) is 18.9. The Morgan fingerprint density at radius 3 is 2.44 bits per heavy atom. The second-order valence-electron chi connectivity index (χ2n) is 6.65. The van der Waals surface area contributed by atoms with Crippen LogP contribution in [0, 0.1) is 5.92 Å². The maximum Gasteiger partial charge on any atom is 0.292 e. The van der Waals surface area contributed by atoms with Crippen LogP contribution in [0.5, 0.6) is 5.75 Å². The Morgan fingerprint density at radius 2 is 1.93 bits per heavy atom. The minimum Gasteiger partial charge on any atom is -0.497 e. The molecule has 0 bridgehead atoms. The number of aliphatic hydroxyl groups excluding tert-OH is 1. The monoisotopic (exact) mass is 373 g/mol. The SMILES string of the molecule is COc1ccc(-c2noc(C(=O)N3CCC(C(N)=O)CC3)c2C(C)O)cc1.